The molecule has 4 aromatic rings. The molecule has 6 nitrogen and oxygen atoms in total. The number of nitrogens with zero attached hydrogens (tertiary/aromatic N) is 2. The number of carbonyl (C=O) groups is 1. The number of rotatable bonds is 5. The van der Waals surface area contributed by atoms with Crippen LogP contribution in [0.5, 0.6) is 0 Å². The molecule has 1 aromatic heterocycles. The van der Waals surface area contributed by atoms with Crippen LogP contribution >= 0.6 is 0 Å². The van der Waals surface area contributed by atoms with E-state index < -0.39 is 11.7 Å². The SMILES string of the molecule is O=C(NCC1CCc2ccccc2N1Cc1ccc(C(F)(F)F)cc1)Nc1cccc2[nH]ncc12. The molecular formula is C26H24F3N5O. The summed E-state index contributed by atoms with van der Waals surface area (Å²) in [4.78, 5) is 14.8. The van der Waals surface area contributed by atoms with Gasteiger partial charge in [-0.3, -0.25) is 5.10 Å². The summed E-state index contributed by atoms with van der Waals surface area (Å²) >= 11 is 0. The lowest BCUT2D eigenvalue weighted by Gasteiger charge is -2.39. The van der Waals surface area contributed by atoms with Crippen molar-refractivity contribution >= 4 is 28.3 Å². The normalized spacial score (nSPS) is 15.6. The summed E-state index contributed by atoms with van der Waals surface area (Å²) in [6.45, 7) is 0.833. The lowest BCUT2D eigenvalue weighted by molar-refractivity contribution is -0.137. The maximum atomic E-state index is 13.0. The van der Waals surface area contributed by atoms with Crippen LogP contribution in [0.2, 0.25) is 0 Å². The molecule has 0 saturated heterocycles. The van der Waals surface area contributed by atoms with Crippen molar-refractivity contribution in [2.75, 3.05) is 16.8 Å². The molecule has 0 spiro atoms. The molecule has 180 valence electrons. The molecule has 1 aliphatic heterocycles. The number of fused-ring (bicyclic) bond motifs is 2. The van der Waals surface area contributed by atoms with Gasteiger partial charge in [-0.1, -0.05) is 36.4 Å². The average molecular weight is 480 g/mol. The summed E-state index contributed by atoms with van der Waals surface area (Å²) in [6.07, 6.45) is -1.02. The molecule has 9 heteroatoms. The second-order valence-corrected chi connectivity index (χ2v) is 8.62. The molecule has 3 aromatic carbocycles. The molecule has 1 atom stereocenters. The van der Waals surface area contributed by atoms with Gasteiger partial charge >= 0.3 is 12.2 Å². The van der Waals surface area contributed by atoms with Crippen molar-refractivity contribution < 1.29 is 18.0 Å². The molecule has 1 unspecified atom stereocenters. The predicted octanol–water partition coefficient (Wildman–Crippen LogP) is 5.72. The first-order chi connectivity index (χ1) is 16.9. The molecule has 35 heavy (non-hydrogen) atoms. The van der Waals surface area contributed by atoms with Gasteiger partial charge in [0, 0.05) is 30.2 Å². The zero-order valence-electron chi connectivity index (χ0n) is 18.8. The van der Waals surface area contributed by atoms with E-state index in [2.05, 4.69) is 31.8 Å². The van der Waals surface area contributed by atoms with Crippen LogP contribution in [0, 0.1) is 0 Å². The molecule has 0 saturated carbocycles. The highest BCUT2D eigenvalue weighted by Gasteiger charge is 2.31. The standard InChI is InChI=1S/C26H24F3N5O/c27-26(28,29)19-11-8-17(9-12-19)16-34-20(13-10-18-4-1-2-7-24(18)34)14-30-25(35)32-22-5-3-6-23-21(22)15-31-33-23/h1-9,11-12,15,20H,10,13-14,16H2,(H,31,33)(H2,30,32,35). The van der Waals surface area contributed by atoms with Gasteiger partial charge in [-0.15, -0.1) is 0 Å². The Labute approximate surface area is 200 Å². The van der Waals surface area contributed by atoms with Crippen molar-refractivity contribution in [1.29, 1.82) is 0 Å². The van der Waals surface area contributed by atoms with Gasteiger partial charge in [0.2, 0.25) is 0 Å². The fourth-order valence-corrected chi connectivity index (χ4v) is 4.55. The molecule has 2 amide bonds. The van der Waals surface area contributed by atoms with Crippen LogP contribution in [0.3, 0.4) is 0 Å². The van der Waals surface area contributed by atoms with Crippen molar-refractivity contribution in [2.24, 2.45) is 0 Å². The number of H-pyrrole nitrogens is 1. The lowest BCUT2D eigenvalue weighted by atomic mass is 9.95. The Balaban J connectivity index is 1.30. The Morgan fingerprint density at radius 2 is 1.86 bits per heavy atom. The predicted molar refractivity (Wildman–Crippen MR) is 129 cm³/mol. The van der Waals surface area contributed by atoms with E-state index in [1.165, 1.54) is 17.7 Å². The van der Waals surface area contributed by atoms with Crippen LogP contribution in [0.4, 0.5) is 29.3 Å². The van der Waals surface area contributed by atoms with Crippen molar-refractivity contribution in [2.45, 2.75) is 31.6 Å². The number of para-hydroxylation sites is 1. The molecule has 3 N–H and O–H groups in total. The van der Waals surface area contributed by atoms with E-state index in [0.29, 0.717) is 18.8 Å². The van der Waals surface area contributed by atoms with Crippen molar-refractivity contribution in [1.82, 2.24) is 15.5 Å². The van der Waals surface area contributed by atoms with Gasteiger partial charge in [0.1, 0.15) is 0 Å². The number of hydrogen-bond acceptors (Lipinski definition) is 3. The van der Waals surface area contributed by atoms with Gasteiger partial charge in [-0.05, 0) is 54.3 Å². The highest BCUT2D eigenvalue weighted by Crippen LogP contribution is 2.33. The zero-order chi connectivity index (χ0) is 24.4. The summed E-state index contributed by atoms with van der Waals surface area (Å²) in [6, 6.07) is 18.5. The van der Waals surface area contributed by atoms with E-state index in [0.717, 1.165) is 47.1 Å². The van der Waals surface area contributed by atoms with Crippen LogP contribution in [-0.2, 0) is 19.1 Å². The quantitative estimate of drug-likeness (QED) is 0.343. The van der Waals surface area contributed by atoms with E-state index in [-0.39, 0.29) is 12.1 Å². The van der Waals surface area contributed by atoms with Gasteiger partial charge in [-0.25, -0.2) is 4.79 Å². The smallest absolute Gasteiger partial charge is 0.362 e. The molecule has 2 heterocycles. The second kappa shape index (κ2) is 9.32. The van der Waals surface area contributed by atoms with Crippen LogP contribution in [-0.4, -0.2) is 28.8 Å². The Bertz CT molecular complexity index is 1330. The van der Waals surface area contributed by atoms with Gasteiger partial charge < -0.3 is 15.5 Å². The van der Waals surface area contributed by atoms with Gasteiger partial charge in [-0.2, -0.15) is 18.3 Å². The maximum absolute atomic E-state index is 13.0. The molecule has 0 bridgehead atoms. The van der Waals surface area contributed by atoms with Gasteiger partial charge in [0.05, 0.1) is 23.0 Å². The number of aromatic nitrogens is 2. The van der Waals surface area contributed by atoms with E-state index >= 15 is 0 Å². The number of nitrogens with one attached hydrogen (secondary N) is 3. The molecule has 0 aliphatic carbocycles. The third-order valence-corrected chi connectivity index (χ3v) is 6.35. The average Bonchev–Trinajstić information content (AvgIpc) is 3.33. The second-order valence-electron chi connectivity index (χ2n) is 8.62. The van der Waals surface area contributed by atoms with Crippen LogP contribution in [0.15, 0.2) is 72.9 Å². The summed E-state index contributed by atoms with van der Waals surface area (Å²) in [5.74, 6) is 0. The Kier molecular flexibility index (Phi) is 6.07. The van der Waals surface area contributed by atoms with Crippen molar-refractivity contribution in [3.63, 3.8) is 0 Å². The zero-order valence-corrected chi connectivity index (χ0v) is 18.8. The number of benzene rings is 3. The lowest BCUT2D eigenvalue weighted by Crippen LogP contribution is -2.47. The minimum absolute atomic E-state index is 0.0114. The monoisotopic (exact) mass is 479 g/mol. The largest absolute Gasteiger partial charge is 0.416 e. The van der Waals surface area contributed by atoms with E-state index in [1.54, 1.807) is 6.20 Å². The molecule has 0 fully saturated rings. The van der Waals surface area contributed by atoms with E-state index in [1.807, 2.05) is 36.4 Å². The number of anilines is 2. The molecular weight excluding hydrogens is 455 g/mol. The highest BCUT2D eigenvalue weighted by atomic mass is 19.4. The van der Waals surface area contributed by atoms with Gasteiger partial charge in [0.25, 0.3) is 0 Å². The Hall–Kier alpha value is -4.01. The molecule has 0 radical (unpaired) electrons. The Morgan fingerprint density at radius 3 is 2.66 bits per heavy atom. The third-order valence-electron chi connectivity index (χ3n) is 6.35. The van der Waals surface area contributed by atoms with E-state index in [9.17, 15) is 18.0 Å². The Morgan fingerprint density at radius 1 is 1.06 bits per heavy atom. The number of amides is 2. The number of aryl methyl sites for hydroxylation is 1. The number of urea groups is 1. The summed E-state index contributed by atoms with van der Waals surface area (Å²) in [5.41, 5.74) is 3.82. The van der Waals surface area contributed by atoms with Crippen molar-refractivity contribution in [3.05, 3.63) is 89.6 Å². The van der Waals surface area contributed by atoms with Crippen LogP contribution in [0.1, 0.15) is 23.1 Å². The third kappa shape index (κ3) is 4.94. The fourth-order valence-electron chi connectivity index (χ4n) is 4.55. The number of alkyl halides is 3. The minimum Gasteiger partial charge on any atom is -0.362 e. The maximum Gasteiger partial charge on any atom is 0.416 e. The first-order valence-corrected chi connectivity index (χ1v) is 11.4. The number of carbonyl (C=O) groups excluding carboxylic acids is 1. The fraction of sp³-hybridized carbons (Fsp3) is 0.231. The van der Waals surface area contributed by atoms with Gasteiger partial charge in [0.15, 0.2) is 0 Å². The van der Waals surface area contributed by atoms with E-state index in [4.69, 9.17) is 0 Å². The van der Waals surface area contributed by atoms with Crippen LogP contribution in [0.25, 0.3) is 10.9 Å². The number of halogens is 3. The van der Waals surface area contributed by atoms with Crippen molar-refractivity contribution in [3.8, 4) is 0 Å². The summed E-state index contributed by atoms with van der Waals surface area (Å²) < 4.78 is 38.9. The minimum atomic E-state index is -4.36. The first kappa shape index (κ1) is 22.8. The molecule has 5 rings (SSSR count). The van der Waals surface area contributed by atoms with Crippen LogP contribution < -0.4 is 15.5 Å². The molecule has 1 aliphatic rings. The summed E-state index contributed by atoms with van der Waals surface area (Å²) in [7, 11) is 0. The summed E-state index contributed by atoms with van der Waals surface area (Å²) in [5, 5.41) is 13.5. The first-order valence-electron chi connectivity index (χ1n) is 11.4. The number of hydrogen-bond donors (Lipinski definition) is 3. The highest BCUT2D eigenvalue weighted by molar-refractivity contribution is 6.00. The topological polar surface area (TPSA) is 73.1 Å². The number of aromatic amines is 1.